The van der Waals surface area contributed by atoms with Gasteiger partial charge in [-0.05, 0) is 56.9 Å². The lowest BCUT2D eigenvalue weighted by Crippen LogP contribution is -2.35. The Labute approximate surface area is 209 Å². The lowest BCUT2D eigenvalue weighted by atomic mass is 9.97. The van der Waals surface area contributed by atoms with Gasteiger partial charge in [0.1, 0.15) is 12.1 Å². The number of aryl methyl sites for hydroxylation is 2. The number of oxazole rings is 1. The van der Waals surface area contributed by atoms with Gasteiger partial charge in [0.25, 0.3) is 5.91 Å². The first kappa shape index (κ1) is 23.8. The molecule has 36 heavy (non-hydrogen) atoms. The number of piperidine rings is 1. The molecule has 0 bridgehead atoms. The summed E-state index contributed by atoms with van der Waals surface area (Å²) in [6, 6.07) is 7.50. The summed E-state index contributed by atoms with van der Waals surface area (Å²) < 4.78 is 13.1. The number of aromatic nitrogens is 4. The predicted molar refractivity (Wildman–Crippen MR) is 139 cm³/mol. The smallest absolute Gasteiger partial charge is 0.277 e. The Bertz CT molecular complexity index is 1390. The molecule has 3 aromatic heterocycles. The SMILES string of the molecule is CCOCC1CCN(c2cc3c(cc2NC(=O)c2coc(-c4ccnc(N)c4)n2)c(C)nn3C)CC1. The highest BCUT2D eigenvalue weighted by molar-refractivity contribution is 6.06. The van der Waals surface area contributed by atoms with Gasteiger partial charge >= 0.3 is 0 Å². The molecule has 4 aromatic rings. The number of hydrogen-bond acceptors (Lipinski definition) is 8. The van der Waals surface area contributed by atoms with Crippen LogP contribution in [0.3, 0.4) is 0 Å². The lowest BCUT2D eigenvalue weighted by Gasteiger charge is -2.34. The van der Waals surface area contributed by atoms with Crippen LogP contribution < -0.4 is 16.0 Å². The molecule has 0 saturated carbocycles. The zero-order valence-corrected chi connectivity index (χ0v) is 20.8. The number of pyridine rings is 1. The molecule has 188 valence electrons. The number of nitrogens with zero attached hydrogens (tertiary/aromatic N) is 5. The summed E-state index contributed by atoms with van der Waals surface area (Å²) in [4.78, 5) is 23.9. The van der Waals surface area contributed by atoms with Crippen molar-refractivity contribution in [1.29, 1.82) is 0 Å². The highest BCUT2D eigenvalue weighted by Crippen LogP contribution is 2.35. The number of carbonyl (C=O) groups is 1. The average molecular weight is 490 g/mol. The van der Waals surface area contributed by atoms with Crippen molar-refractivity contribution >= 4 is 34.0 Å². The quantitative estimate of drug-likeness (QED) is 0.399. The number of benzene rings is 1. The molecule has 1 amide bonds. The second-order valence-electron chi connectivity index (χ2n) is 9.15. The van der Waals surface area contributed by atoms with Crippen molar-refractivity contribution in [1.82, 2.24) is 19.7 Å². The number of hydrogen-bond donors (Lipinski definition) is 2. The maximum Gasteiger partial charge on any atom is 0.277 e. The molecule has 1 aliphatic heterocycles. The van der Waals surface area contributed by atoms with Gasteiger partial charge in [0.2, 0.25) is 5.89 Å². The summed E-state index contributed by atoms with van der Waals surface area (Å²) in [5, 5.41) is 8.64. The molecule has 3 N–H and O–H groups in total. The highest BCUT2D eigenvalue weighted by Gasteiger charge is 2.24. The second kappa shape index (κ2) is 9.98. The van der Waals surface area contributed by atoms with Gasteiger partial charge in [-0.3, -0.25) is 9.48 Å². The number of fused-ring (bicyclic) bond motifs is 1. The molecule has 1 fully saturated rings. The predicted octanol–water partition coefficient (Wildman–Crippen LogP) is 4.02. The zero-order chi connectivity index (χ0) is 25.2. The number of rotatable bonds is 7. The third-order valence-corrected chi connectivity index (χ3v) is 6.68. The zero-order valence-electron chi connectivity index (χ0n) is 20.8. The molecule has 10 heteroatoms. The molecule has 10 nitrogen and oxygen atoms in total. The van der Waals surface area contributed by atoms with Crippen molar-refractivity contribution in [2.24, 2.45) is 13.0 Å². The van der Waals surface area contributed by atoms with Crippen molar-refractivity contribution in [2.45, 2.75) is 26.7 Å². The van der Waals surface area contributed by atoms with E-state index in [2.05, 4.69) is 31.3 Å². The minimum Gasteiger partial charge on any atom is -0.444 e. The van der Waals surface area contributed by atoms with Crippen LogP contribution >= 0.6 is 0 Å². The van der Waals surface area contributed by atoms with Gasteiger partial charge < -0.3 is 25.1 Å². The van der Waals surface area contributed by atoms with E-state index in [0.29, 0.717) is 23.2 Å². The van der Waals surface area contributed by atoms with Crippen LogP contribution in [0.25, 0.3) is 22.4 Å². The Morgan fingerprint density at radius 3 is 2.83 bits per heavy atom. The third kappa shape index (κ3) is 4.76. The van der Waals surface area contributed by atoms with Crippen LogP contribution in [0.15, 0.2) is 41.1 Å². The van der Waals surface area contributed by atoms with Gasteiger partial charge in [0.05, 0.1) is 22.6 Å². The minimum absolute atomic E-state index is 0.185. The van der Waals surface area contributed by atoms with E-state index in [0.717, 1.165) is 67.1 Å². The number of amides is 1. The molecule has 0 unspecified atom stereocenters. The second-order valence-corrected chi connectivity index (χ2v) is 9.15. The van der Waals surface area contributed by atoms with Crippen molar-refractivity contribution in [2.75, 3.05) is 42.3 Å². The molecule has 1 aromatic carbocycles. The van der Waals surface area contributed by atoms with E-state index >= 15 is 0 Å². The van der Waals surface area contributed by atoms with E-state index in [1.807, 2.05) is 31.6 Å². The van der Waals surface area contributed by atoms with Crippen LogP contribution in [0, 0.1) is 12.8 Å². The minimum atomic E-state index is -0.347. The fourth-order valence-electron chi connectivity index (χ4n) is 4.73. The monoisotopic (exact) mass is 489 g/mol. The molecule has 0 spiro atoms. The summed E-state index contributed by atoms with van der Waals surface area (Å²) in [5.41, 5.74) is 10.2. The van der Waals surface area contributed by atoms with Crippen LogP contribution in [0.1, 0.15) is 35.9 Å². The Morgan fingerprint density at radius 1 is 1.28 bits per heavy atom. The summed E-state index contributed by atoms with van der Waals surface area (Å²) >= 11 is 0. The maximum absolute atomic E-state index is 13.2. The lowest BCUT2D eigenvalue weighted by molar-refractivity contribution is 0.100. The van der Waals surface area contributed by atoms with Crippen LogP contribution in [0.4, 0.5) is 17.2 Å². The highest BCUT2D eigenvalue weighted by atomic mass is 16.5. The number of ether oxygens (including phenoxy) is 1. The summed E-state index contributed by atoms with van der Waals surface area (Å²) in [6.45, 7) is 7.31. The summed E-state index contributed by atoms with van der Waals surface area (Å²) in [6.07, 6.45) is 5.01. The average Bonchev–Trinajstić information content (AvgIpc) is 3.48. The van der Waals surface area contributed by atoms with E-state index in [1.165, 1.54) is 6.26 Å². The third-order valence-electron chi connectivity index (χ3n) is 6.68. The molecule has 0 radical (unpaired) electrons. The van der Waals surface area contributed by atoms with E-state index in [1.54, 1.807) is 18.3 Å². The molecular formula is C26H31N7O3. The Kier molecular flexibility index (Phi) is 6.60. The first-order valence-corrected chi connectivity index (χ1v) is 12.2. The van der Waals surface area contributed by atoms with Gasteiger partial charge in [-0.1, -0.05) is 0 Å². The maximum atomic E-state index is 13.2. The van der Waals surface area contributed by atoms with Gasteiger partial charge in [-0.15, -0.1) is 0 Å². The number of anilines is 3. The first-order chi connectivity index (χ1) is 17.4. The fourth-order valence-corrected chi connectivity index (χ4v) is 4.73. The van der Waals surface area contributed by atoms with Crippen molar-refractivity contribution < 1.29 is 13.9 Å². The normalized spacial score (nSPS) is 14.5. The summed E-state index contributed by atoms with van der Waals surface area (Å²) in [5.74, 6) is 0.869. The Morgan fingerprint density at radius 2 is 2.08 bits per heavy atom. The molecular weight excluding hydrogens is 458 g/mol. The molecule has 5 rings (SSSR count). The van der Waals surface area contributed by atoms with Crippen LogP contribution in [-0.2, 0) is 11.8 Å². The van der Waals surface area contributed by atoms with Gasteiger partial charge in [0, 0.05) is 50.5 Å². The summed E-state index contributed by atoms with van der Waals surface area (Å²) in [7, 11) is 1.94. The first-order valence-electron chi connectivity index (χ1n) is 12.2. The molecule has 0 aliphatic carbocycles. The van der Waals surface area contributed by atoms with Crippen LogP contribution in [0.5, 0.6) is 0 Å². The number of nitrogens with one attached hydrogen (secondary N) is 1. The standard InChI is InChI=1S/C26H31N7O3/c1-4-35-14-17-6-9-33(10-7-17)23-13-22-19(16(2)31-32(22)3)12-20(23)29-25(34)21-15-36-26(30-21)18-5-8-28-24(27)11-18/h5,8,11-13,15,17H,4,6-7,9-10,14H2,1-3H3,(H2,27,28)(H,29,34). The Hall–Kier alpha value is -3.92. The van der Waals surface area contributed by atoms with E-state index in [-0.39, 0.29) is 11.6 Å². The molecule has 4 heterocycles. The van der Waals surface area contributed by atoms with E-state index < -0.39 is 0 Å². The van der Waals surface area contributed by atoms with E-state index in [9.17, 15) is 4.79 Å². The number of nitrogen functional groups attached to an aromatic ring is 1. The molecule has 1 aliphatic rings. The molecule has 0 atom stereocenters. The fraction of sp³-hybridized carbons (Fsp3) is 0.385. The van der Waals surface area contributed by atoms with Gasteiger partial charge in [0.15, 0.2) is 5.69 Å². The number of carbonyl (C=O) groups excluding carboxylic acids is 1. The van der Waals surface area contributed by atoms with Crippen LogP contribution in [-0.4, -0.2) is 52.0 Å². The Balaban J connectivity index is 1.42. The topological polar surface area (TPSA) is 124 Å². The van der Waals surface area contributed by atoms with Crippen molar-refractivity contribution in [3.8, 4) is 11.5 Å². The largest absolute Gasteiger partial charge is 0.444 e. The van der Waals surface area contributed by atoms with Crippen molar-refractivity contribution in [3.63, 3.8) is 0 Å². The van der Waals surface area contributed by atoms with Gasteiger partial charge in [-0.25, -0.2) is 9.97 Å². The van der Waals surface area contributed by atoms with Crippen molar-refractivity contribution in [3.05, 3.63) is 48.1 Å². The van der Waals surface area contributed by atoms with Gasteiger partial charge in [-0.2, -0.15) is 5.10 Å². The van der Waals surface area contributed by atoms with E-state index in [4.69, 9.17) is 14.9 Å². The molecule has 1 saturated heterocycles. The number of nitrogens with two attached hydrogens (primary N) is 1. The van der Waals surface area contributed by atoms with Crippen LogP contribution in [0.2, 0.25) is 0 Å².